The Morgan fingerprint density at radius 1 is 1.33 bits per heavy atom. The number of benzene rings is 1. The third-order valence-electron chi connectivity index (χ3n) is 2.63. The number of halogens is 2. The topological polar surface area (TPSA) is 32.7 Å². The largest absolute Gasteiger partial charge is 0.271 e. The average Bonchev–Trinajstić information content (AvgIpc) is 2.55. The second-order valence-electron chi connectivity index (χ2n) is 5.18. The molecule has 0 aromatic heterocycles. The molecule has 1 aliphatic heterocycles. The van der Waals surface area contributed by atoms with Gasteiger partial charge in [-0.1, -0.05) is 44.0 Å². The van der Waals surface area contributed by atoms with E-state index in [9.17, 15) is 4.79 Å². The van der Waals surface area contributed by atoms with Gasteiger partial charge in [0.2, 0.25) is 0 Å². The molecule has 0 saturated heterocycles. The van der Waals surface area contributed by atoms with Crippen molar-refractivity contribution >= 4 is 43.5 Å². The van der Waals surface area contributed by atoms with Crippen LogP contribution in [0.25, 0.3) is 0 Å². The Morgan fingerprint density at radius 2 is 2.00 bits per heavy atom. The van der Waals surface area contributed by atoms with Gasteiger partial charge in [-0.3, -0.25) is 4.79 Å². The number of hydrogen-bond donors (Lipinski definition) is 0. The van der Waals surface area contributed by atoms with Crippen molar-refractivity contribution in [1.82, 2.24) is 5.01 Å². The number of amides is 1. The van der Waals surface area contributed by atoms with Gasteiger partial charge in [0, 0.05) is 10.0 Å². The minimum atomic E-state index is -0.369. The molecule has 0 bridgehead atoms. The van der Waals surface area contributed by atoms with E-state index in [0.717, 1.165) is 15.7 Å². The molecule has 1 amide bonds. The zero-order valence-electron chi connectivity index (χ0n) is 10.4. The van der Waals surface area contributed by atoms with Gasteiger partial charge in [0.25, 0.3) is 5.91 Å². The molecular weight excluding hydrogens is 360 g/mol. The van der Waals surface area contributed by atoms with Crippen LogP contribution in [-0.2, 0) is 4.79 Å². The van der Waals surface area contributed by atoms with Gasteiger partial charge in [-0.25, -0.2) is 5.01 Å². The summed E-state index contributed by atoms with van der Waals surface area (Å²) in [7, 11) is 0. The van der Waals surface area contributed by atoms with Gasteiger partial charge in [-0.05, 0) is 32.9 Å². The summed E-state index contributed by atoms with van der Waals surface area (Å²) in [6.45, 7) is 5.91. The summed E-state index contributed by atoms with van der Waals surface area (Å²) in [6, 6.07) is 7.81. The minimum Gasteiger partial charge on any atom is -0.271 e. The van der Waals surface area contributed by atoms with E-state index in [1.165, 1.54) is 0 Å². The van der Waals surface area contributed by atoms with Crippen LogP contribution in [-0.4, -0.2) is 27.0 Å². The van der Waals surface area contributed by atoms with E-state index in [2.05, 4.69) is 37.0 Å². The Labute approximate surface area is 124 Å². The number of rotatable bonds is 1. The summed E-state index contributed by atoms with van der Waals surface area (Å²) >= 11 is 6.86. The number of alkyl halides is 1. The van der Waals surface area contributed by atoms with Crippen LogP contribution in [0.2, 0.25) is 0 Å². The van der Waals surface area contributed by atoms with Crippen LogP contribution in [0.1, 0.15) is 26.3 Å². The van der Waals surface area contributed by atoms with E-state index in [1.807, 2.05) is 45.0 Å². The van der Waals surface area contributed by atoms with Gasteiger partial charge < -0.3 is 0 Å². The minimum absolute atomic E-state index is 0.0162. The SMILES string of the molecule is CC(C)(C)N1N=C(c2cccc(Br)c2)C(Br)C1=O. The van der Waals surface area contributed by atoms with Crippen LogP contribution in [0.4, 0.5) is 0 Å². The van der Waals surface area contributed by atoms with Crippen molar-refractivity contribution in [3.8, 4) is 0 Å². The zero-order chi connectivity index (χ0) is 13.5. The fraction of sp³-hybridized carbons (Fsp3) is 0.385. The van der Waals surface area contributed by atoms with Crippen LogP contribution in [0.3, 0.4) is 0 Å². The molecule has 1 unspecified atom stereocenters. The standard InChI is InChI=1S/C13H14Br2N2O/c1-13(2,3)17-12(18)10(15)11(16-17)8-5-4-6-9(14)7-8/h4-7,10H,1-3H3. The third-order valence-corrected chi connectivity index (χ3v) is 3.95. The van der Waals surface area contributed by atoms with E-state index in [-0.39, 0.29) is 16.3 Å². The van der Waals surface area contributed by atoms with Crippen molar-refractivity contribution in [2.45, 2.75) is 31.1 Å². The first kappa shape index (κ1) is 13.7. The maximum Gasteiger partial charge on any atom is 0.263 e. The molecule has 0 aliphatic carbocycles. The smallest absolute Gasteiger partial charge is 0.263 e. The fourth-order valence-corrected chi connectivity index (χ4v) is 2.71. The molecule has 1 heterocycles. The van der Waals surface area contributed by atoms with Crippen LogP contribution >= 0.6 is 31.9 Å². The molecule has 2 rings (SSSR count). The highest BCUT2D eigenvalue weighted by Gasteiger charge is 2.39. The summed E-state index contributed by atoms with van der Waals surface area (Å²) in [6.07, 6.45) is 0. The fourth-order valence-electron chi connectivity index (χ4n) is 1.76. The van der Waals surface area contributed by atoms with Crippen molar-refractivity contribution in [2.75, 3.05) is 0 Å². The summed E-state index contributed by atoms with van der Waals surface area (Å²) in [5, 5.41) is 6.01. The Kier molecular flexibility index (Phi) is 3.65. The van der Waals surface area contributed by atoms with E-state index >= 15 is 0 Å². The molecule has 1 aromatic rings. The molecule has 0 radical (unpaired) electrons. The van der Waals surface area contributed by atoms with Gasteiger partial charge in [0.1, 0.15) is 4.83 Å². The highest BCUT2D eigenvalue weighted by Crippen LogP contribution is 2.28. The Morgan fingerprint density at radius 3 is 2.50 bits per heavy atom. The maximum atomic E-state index is 12.2. The van der Waals surface area contributed by atoms with E-state index in [0.29, 0.717) is 0 Å². The first-order valence-corrected chi connectivity index (χ1v) is 7.34. The first-order chi connectivity index (χ1) is 8.30. The lowest BCUT2D eigenvalue weighted by molar-refractivity contribution is -0.132. The molecular formula is C13H14Br2N2O. The van der Waals surface area contributed by atoms with Crippen LogP contribution in [0.5, 0.6) is 0 Å². The number of hydrogen-bond acceptors (Lipinski definition) is 2. The molecule has 96 valence electrons. The maximum absolute atomic E-state index is 12.2. The predicted octanol–water partition coefficient (Wildman–Crippen LogP) is 3.56. The van der Waals surface area contributed by atoms with E-state index < -0.39 is 0 Å². The molecule has 18 heavy (non-hydrogen) atoms. The zero-order valence-corrected chi connectivity index (χ0v) is 13.6. The lowest BCUT2D eigenvalue weighted by Crippen LogP contribution is -2.41. The summed E-state index contributed by atoms with van der Waals surface area (Å²) in [5.41, 5.74) is 1.40. The number of carbonyl (C=O) groups is 1. The van der Waals surface area contributed by atoms with Gasteiger partial charge >= 0.3 is 0 Å². The highest BCUT2D eigenvalue weighted by atomic mass is 79.9. The van der Waals surface area contributed by atoms with Crippen LogP contribution in [0, 0.1) is 0 Å². The van der Waals surface area contributed by atoms with Crippen molar-refractivity contribution in [2.24, 2.45) is 5.10 Å². The van der Waals surface area contributed by atoms with Gasteiger partial charge in [-0.15, -0.1) is 0 Å². The predicted molar refractivity (Wildman–Crippen MR) is 80.0 cm³/mol. The number of nitrogens with zero attached hydrogens (tertiary/aromatic N) is 2. The van der Waals surface area contributed by atoms with Gasteiger partial charge in [0.05, 0.1) is 11.3 Å². The highest BCUT2D eigenvalue weighted by molar-refractivity contribution is 9.10. The Hall–Kier alpha value is -0.680. The molecule has 3 nitrogen and oxygen atoms in total. The average molecular weight is 374 g/mol. The van der Waals surface area contributed by atoms with Gasteiger partial charge in [-0.2, -0.15) is 5.10 Å². The first-order valence-electron chi connectivity index (χ1n) is 5.63. The molecule has 1 aromatic carbocycles. The molecule has 1 atom stereocenters. The second kappa shape index (κ2) is 4.78. The van der Waals surface area contributed by atoms with Crippen molar-refractivity contribution < 1.29 is 4.79 Å². The van der Waals surface area contributed by atoms with Crippen molar-refractivity contribution in [1.29, 1.82) is 0 Å². The molecule has 0 spiro atoms. The summed E-state index contributed by atoms with van der Waals surface area (Å²) < 4.78 is 0.976. The molecule has 0 saturated carbocycles. The number of hydrazone groups is 1. The normalized spacial score (nSPS) is 20.3. The number of carbonyl (C=O) groups excluding carboxylic acids is 1. The summed E-state index contributed by atoms with van der Waals surface area (Å²) in [5.74, 6) is -0.0162. The molecule has 0 N–H and O–H groups in total. The Balaban J connectivity index is 2.43. The Bertz CT molecular complexity index is 520. The van der Waals surface area contributed by atoms with Crippen LogP contribution < -0.4 is 0 Å². The second-order valence-corrected chi connectivity index (χ2v) is 7.01. The summed E-state index contributed by atoms with van der Waals surface area (Å²) in [4.78, 5) is 11.8. The quantitative estimate of drug-likeness (QED) is 0.692. The van der Waals surface area contributed by atoms with E-state index in [4.69, 9.17) is 0 Å². The van der Waals surface area contributed by atoms with Gasteiger partial charge in [0.15, 0.2) is 0 Å². The van der Waals surface area contributed by atoms with Crippen molar-refractivity contribution in [3.05, 3.63) is 34.3 Å². The molecule has 0 fully saturated rings. The lowest BCUT2D eigenvalue weighted by atomic mass is 10.1. The molecule has 1 aliphatic rings. The van der Waals surface area contributed by atoms with Crippen molar-refractivity contribution in [3.63, 3.8) is 0 Å². The van der Waals surface area contributed by atoms with E-state index in [1.54, 1.807) is 5.01 Å². The lowest BCUT2D eigenvalue weighted by Gasteiger charge is -2.27. The monoisotopic (exact) mass is 372 g/mol. The van der Waals surface area contributed by atoms with Crippen LogP contribution in [0.15, 0.2) is 33.8 Å². The third kappa shape index (κ3) is 2.52. The molecule has 5 heteroatoms.